The third kappa shape index (κ3) is 4.44. The maximum atomic E-state index is 12.9. The summed E-state index contributed by atoms with van der Waals surface area (Å²) in [6.45, 7) is 2.73. The first-order valence-corrected chi connectivity index (χ1v) is 11.8. The SMILES string of the molecule is Cn1cc(/C=C2/SC(=O)N(CC(=O)Nc3ccc(N4CCOCC4)cc3)C2=O)c2ccccc21. The zero-order valence-electron chi connectivity index (χ0n) is 18.7. The van der Waals surface area contributed by atoms with E-state index in [1.165, 1.54) is 0 Å². The average molecular weight is 477 g/mol. The highest BCUT2D eigenvalue weighted by Gasteiger charge is 2.36. The van der Waals surface area contributed by atoms with E-state index in [1.54, 1.807) is 6.08 Å². The van der Waals surface area contributed by atoms with Gasteiger partial charge in [0.15, 0.2) is 0 Å². The number of aromatic nitrogens is 1. The molecule has 0 saturated carbocycles. The van der Waals surface area contributed by atoms with Gasteiger partial charge in [-0.3, -0.25) is 19.3 Å². The number of thioether (sulfide) groups is 1. The average Bonchev–Trinajstić information content (AvgIpc) is 3.31. The molecule has 174 valence electrons. The minimum atomic E-state index is -0.458. The topological polar surface area (TPSA) is 83.9 Å². The van der Waals surface area contributed by atoms with Crippen molar-refractivity contribution < 1.29 is 19.1 Å². The molecule has 9 heteroatoms. The number of para-hydroxylation sites is 1. The number of benzene rings is 2. The molecule has 1 aromatic heterocycles. The molecule has 0 unspecified atom stereocenters. The molecule has 5 rings (SSSR count). The minimum Gasteiger partial charge on any atom is -0.378 e. The fourth-order valence-corrected chi connectivity index (χ4v) is 5.02. The molecule has 8 nitrogen and oxygen atoms in total. The van der Waals surface area contributed by atoms with E-state index < -0.39 is 17.1 Å². The highest BCUT2D eigenvalue weighted by atomic mass is 32.2. The standard InChI is InChI=1S/C25H24N4O4S/c1-27-15-17(20-4-2-3-5-21(20)27)14-22-24(31)29(25(32)34-22)16-23(30)26-18-6-8-19(9-7-18)28-10-12-33-13-11-28/h2-9,14-15H,10-13,16H2,1H3,(H,26,30)/b22-14+. The number of hydrogen-bond donors (Lipinski definition) is 1. The zero-order chi connectivity index (χ0) is 23.7. The molecule has 34 heavy (non-hydrogen) atoms. The number of nitrogens with one attached hydrogen (secondary N) is 1. The summed E-state index contributed by atoms with van der Waals surface area (Å²) in [5.74, 6) is -0.881. The van der Waals surface area contributed by atoms with Gasteiger partial charge in [-0.1, -0.05) is 18.2 Å². The lowest BCUT2D eigenvalue weighted by molar-refractivity contribution is -0.127. The Kier molecular flexibility index (Phi) is 6.12. The second kappa shape index (κ2) is 9.36. The molecule has 0 bridgehead atoms. The Bertz CT molecular complexity index is 1290. The predicted octanol–water partition coefficient (Wildman–Crippen LogP) is 3.69. The van der Waals surface area contributed by atoms with Crippen molar-refractivity contribution in [3.63, 3.8) is 0 Å². The van der Waals surface area contributed by atoms with Gasteiger partial charge in [0.2, 0.25) is 5.91 Å². The van der Waals surface area contributed by atoms with Gasteiger partial charge in [-0.2, -0.15) is 0 Å². The third-order valence-electron chi connectivity index (χ3n) is 5.92. The second-order valence-electron chi connectivity index (χ2n) is 8.17. The maximum Gasteiger partial charge on any atom is 0.294 e. The molecule has 2 aromatic carbocycles. The van der Waals surface area contributed by atoms with Crippen molar-refractivity contribution >= 4 is 57.2 Å². The highest BCUT2D eigenvalue weighted by Crippen LogP contribution is 2.34. The maximum absolute atomic E-state index is 12.9. The first kappa shape index (κ1) is 22.2. The summed E-state index contributed by atoms with van der Waals surface area (Å²) >= 11 is 0.854. The van der Waals surface area contributed by atoms with Crippen LogP contribution in [0.4, 0.5) is 16.2 Å². The summed E-state index contributed by atoms with van der Waals surface area (Å²) < 4.78 is 7.35. The molecule has 1 N–H and O–H groups in total. The Hall–Kier alpha value is -3.56. The number of hydrogen-bond acceptors (Lipinski definition) is 6. The molecule has 2 fully saturated rings. The molecule has 3 aromatic rings. The highest BCUT2D eigenvalue weighted by molar-refractivity contribution is 8.18. The molecule has 0 spiro atoms. The van der Waals surface area contributed by atoms with Crippen LogP contribution in [0.1, 0.15) is 5.56 Å². The van der Waals surface area contributed by atoms with Crippen molar-refractivity contribution in [2.75, 3.05) is 43.1 Å². The molecule has 2 aliphatic heterocycles. The minimum absolute atomic E-state index is 0.309. The van der Waals surface area contributed by atoms with Crippen molar-refractivity contribution in [1.29, 1.82) is 0 Å². The van der Waals surface area contributed by atoms with E-state index in [0.717, 1.165) is 51.9 Å². The van der Waals surface area contributed by atoms with Crippen molar-refractivity contribution in [2.45, 2.75) is 0 Å². The molecule has 0 aliphatic carbocycles. The lowest BCUT2D eigenvalue weighted by Crippen LogP contribution is -2.36. The Morgan fingerprint density at radius 3 is 2.59 bits per heavy atom. The van der Waals surface area contributed by atoms with Crippen molar-refractivity contribution in [2.24, 2.45) is 7.05 Å². The van der Waals surface area contributed by atoms with Crippen LogP contribution in [0.25, 0.3) is 17.0 Å². The summed E-state index contributed by atoms with van der Waals surface area (Å²) in [4.78, 5) is 41.5. The van der Waals surface area contributed by atoms with Crippen LogP contribution < -0.4 is 10.2 Å². The first-order chi connectivity index (χ1) is 16.5. The Labute approximate surface area is 201 Å². The van der Waals surface area contributed by atoms with Gasteiger partial charge in [0.1, 0.15) is 6.54 Å². The van der Waals surface area contributed by atoms with Gasteiger partial charge >= 0.3 is 0 Å². The number of rotatable bonds is 5. The van der Waals surface area contributed by atoms with Crippen LogP contribution in [-0.4, -0.2) is 59.4 Å². The van der Waals surface area contributed by atoms with Gasteiger partial charge < -0.3 is 19.5 Å². The fourth-order valence-electron chi connectivity index (χ4n) is 4.19. The molecule has 3 heterocycles. The van der Waals surface area contributed by atoms with E-state index in [4.69, 9.17) is 4.74 Å². The number of amides is 3. The number of carbonyl (C=O) groups is 3. The number of anilines is 2. The Morgan fingerprint density at radius 2 is 1.82 bits per heavy atom. The summed E-state index contributed by atoms with van der Waals surface area (Å²) in [7, 11) is 1.93. The summed E-state index contributed by atoms with van der Waals surface area (Å²) in [5.41, 5.74) is 3.56. The zero-order valence-corrected chi connectivity index (χ0v) is 19.5. The predicted molar refractivity (Wildman–Crippen MR) is 134 cm³/mol. The van der Waals surface area contributed by atoms with E-state index in [0.29, 0.717) is 23.8 Å². The normalized spacial score (nSPS) is 17.7. The van der Waals surface area contributed by atoms with Crippen molar-refractivity contribution in [3.8, 4) is 0 Å². The number of imide groups is 1. The van der Waals surface area contributed by atoms with Gasteiger partial charge in [-0.05, 0) is 48.2 Å². The number of ether oxygens (including phenoxy) is 1. The van der Waals surface area contributed by atoms with Gasteiger partial charge in [0, 0.05) is 54.2 Å². The van der Waals surface area contributed by atoms with E-state index in [-0.39, 0.29) is 6.54 Å². The van der Waals surface area contributed by atoms with Crippen LogP contribution in [0, 0.1) is 0 Å². The van der Waals surface area contributed by atoms with Gasteiger partial charge in [-0.15, -0.1) is 0 Å². The number of fused-ring (bicyclic) bond motifs is 1. The van der Waals surface area contributed by atoms with Crippen molar-refractivity contribution in [3.05, 3.63) is 65.2 Å². The molecule has 0 atom stereocenters. The lowest BCUT2D eigenvalue weighted by Gasteiger charge is -2.28. The number of aryl methyl sites for hydroxylation is 1. The van der Waals surface area contributed by atoms with Crippen LogP contribution >= 0.6 is 11.8 Å². The number of nitrogens with zero attached hydrogens (tertiary/aromatic N) is 3. The summed E-state index contributed by atoms with van der Waals surface area (Å²) in [6, 6.07) is 15.4. The van der Waals surface area contributed by atoms with Crippen LogP contribution in [0.5, 0.6) is 0 Å². The lowest BCUT2D eigenvalue weighted by atomic mass is 10.1. The Morgan fingerprint density at radius 1 is 1.09 bits per heavy atom. The smallest absolute Gasteiger partial charge is 0.294 e. The van der Waals surface area contributed by atoms with Gasteiger partial charge in [0.25, 0.3) is 11.1 Å². The van der Waals surface area contributed by atoms with E-state index in [2.05, 4.69) is 10.2 Å². The monoisotopic (exact) mass is 476 g/mol. The third-order valence-corrected chi connectivity index (χ3v) is 6.82. The molecule has 2 aliphatic rings. The second-order valence-corrected chi connectivity index (χ2v) is 9.17. The van der Waals surface area contributed by atoms with Crippen molar-refractivity contribution in [1.82, 2.24) is 9.47 Å². The van der Waals surface area contributed by atoms with Crippen LogP contribution in [0.3, 0.4) is 0 Å². The largest absolute Gasteiger partial charge is 0.378 e. The van der Waals surface area contributed by atoms with Crippen LogP contribution in [0.2, 0.25) is 0 Å². The summed E-state index contributed by atoms with van der Waals surface area (Å²) in [6.07, 6.45) is 3.64. The molecule has 0 radical (unpaired) electrons. The van der Waals surface area contributed by atoms with Gasteiger partial charge in [0.05, 0.1) is 18.1 Å². The van der Waals surface area contributed by atoms with E-state index >= 15 is 0 Å². The van der Waals surface area contributed by atoms with Gasteiger partial charge in [-0.25, -0.2) is 0 Å². The quantitative estimate of drug-likeness (QED) is 0.566. The van der Waals surface area contributed by atoms with E-state index in [9.17, 15) is 14.4 Å². The first-order valence-electron chi connectivity index (χ1n) is 11.0. The fraction of sp³-hybridized carbons (Fsp3) is 0.240. The van der Waals surface area contributed by atoms with Crippen LogP contribution in [-0.2, 0) is 21.4 Å². The molecule has 2 saturated heterocycles. The number of carbonyl (C=O) groups excluding carboxylic acids is 3. The Balaban J connectivity index is 1.25. The van der Waals surface area contributed by atoms with E-state index in [1.807, 2.05) is 66.3 Å². The molecular formula is C25H24N4O4S. The number of morpholine rings is 1. The molecular weight excluding hydrogens is 452 g/mol. The summed E-state index contributed by atoms with van der Waals surface area (Å²) in [5, 5.41) is 3.32. The molecule has 3 amide bonds. The van der Waals surface area contributed by atoms with Crippen LogP contribution in [0.15, 0.2) is 59.6 Å².